The van der Waals surface area contributed by atoms with E-state index in [9.17, 15) is 0 Å². The Bertz CT molecular complexity index is 502. The molecule has 1 unspecified atom stereocenters. The second-order valence-corrected chi connectivity index (χ2v) is 4.69. The van der Waals surface area contributed by atoms with Crippen LogP contribution in [0.4, 0.5) is 0 Å². The molecule has 0 amide bonds. The van der Waals surface area contributed by atoms with Crippen LogP contribution in [0.1, 0.15) is 12.2 Å². The second-order valence-electron chi connectivity index (χ2n) is 4.25. The number of nitrogens with zero attached hydrogens (tertiary/aromatic N) is 3. The van der Waals surface area contributed by atoms with Gasteiger partial charge in [0, 0.05) is 23.7 Å². The van der Waals surface area contributed by atoms with Crippen molar-refractivity contribution in [3.8, 4) is 0 Å². The number of rotatable bonds is 2. The minimum atomic E-state index is 0.683. The molecule has 1 atom stereocenters. The smallest absolute Gasteiger partial charge is 0.162 e. The van der Waals surface area contributed by atoms with Crippen LogP contribution in [0, 0.1) is 5.92 Å². The zero-order valence-electron chi connectivity index (χ0n) is 8.86. The summed E-state index contributed by atoms with van der Waals surface area (Å²) in [6, 6.07) is 3.71. The van der Waals surface area contributed by atoms with E-state index in [1.165, 1.54) is 6.42 Å². The van der Waals surface area contributed by atoms with Crippen LogP contribution >= 0.6 is 11.6 Å². The maximum absolute atomic E-state index is 5.91. The van der Waals surface area contributed by atoms with Crippen LogP contribution in [0.3, 0.4) is 0 Å². The standard InChI is InChI=1S/C11H13ClN4/c12-9-2-4-16-10(14-15-11(16)6-9)5-8-1-3-13-7-8/h2,4,6,8,13H,1,3,5,7H2. The first-order valence-electron chi connectivity index (χ1n) is 5.53. The summed E-state index contributed by atoms with van der Waals surface area (Å²) in [7, 11) is 0. The highest BCUT2D eigenvalue weighted by Gasteiger charge is 2.17. The molecule has 0 bridgehead atoms. The molecule has 4 nitrogen and oxygen atoms in total. The Hall–Kier alpha value is -1.13. The lowest BCUT2D eigenvalue weighted by Crippen LogP contribution is -2.12. The van der Waals surface area contributed by atoms with Crippen LogP contribution < -0.4 is 5.32 Å². The first kappa shape index (κ1) is 10.1. The maximum atomic E-state index is 5.91. The normalized spacial score (nSPS) is 20.7. The van der Waals surface area contributed by atoms with E-state index in [-0.39, 0.29) is 0 Å². The van der Waals surface area contributed by atoms with Crippen molar-refractivity contribution in [2.24, 2.45) is 5.92 Å². The van der Waals surface area contributed by atoms with Crippen LogP contribution in [0.5, 0.6) is 0 Å². The van der Waals surface area contributed by atoms with Crippen molar-refractivity contribution in [2.45, 2.75) is 12.8 Å². The minimum Gasteiger partial charge on any atom is -0.316 e. The van der Waals surface area contributed by atoms with Gasteiger partial charge in [0.25, 0.3) is 0 Å². The van der Waals surface area contributed by atoms with E-state index in [2.05, 4.69) is 15.5 Å². The van der Waals surface area contributed by atoms with Crippen molar-refractivity contribution in [3.05, 3.63) is 29.2 Å². The van der Waals surface area contributed by atoms with E-state index in [0.29, 0.717) is 10.9 Å². The summed E-state index contributed by atoms with van der Waals surface area (Å²) < 4.78 is 2.02. The predicted molar refractivity (Wildman–Crippen MR) is 62.7 cm³/mol. The molecule has 1 N–H and O–H groups in total. The first-order valence-corrected chi connectivity index (χ1v) is 5.90. The lowest BCUT2D eigenvalue weighted by atomic mass is 10.1. The summed E-state index contributed by atoms with van der Waals surface area (Å²) in [4.78, 5) is 0. The summed E-state index contributed by atoms with van der Waals surface area (Å²) in [6.07, 6.45) is 4.15. The topological polar surface area (TPSA) is 42.2 Å². The van der Waals surface area contributed by atoms with Gasteiger partial charge < -0.3 is 5.32 Å². The molecule has 5 heteroatoms. The second kappa shape index (κ2) is 4.03. The SMILES string of the molecule is Clc1ccn2c(CC3CCNC3)nnc2c1. The Morgan fingerprint density at radius 1 is 1.50 bits per heavy atom. The van der Waals surface area contributed by atoms with E-state index in [1.54, 1.807) is 0 Å². The summed E-state index contributed by atoms with van der Waals surface area (Å²) in [5.74, 6) is 1.71. The molecule has 0 aliphatic carbocycles. The molecule has 0 saturated carbocycles. The molecule has 0 radical (unpaired) electrons. The highest BCUT2D eigenvalue weighted by Crippen LogP contribution is 2.16. The predicted octanol–water partition coefficient (Wildman–Crippen LogP) is 1.53. The molecule has 1 aliphatic rings. The summed E-state index contributed by atoms with van der Waals surface area (Å²) >= 11 is 5.91. The zero-order valence-corrected chi connectivity index (χ0v) is 9.61. The number of fused-ring (bicyclic) bond motifs is 1. The summed E-state index contributed by atoms with van der Waals surface area (Å²) in [5, 5.41) is 12.4. The first-order chi connectivity index (χ1) is 7.83. The summed E-state index contributed by atoms with van der Waals surface area (Å²) in [6.45, 7) is 2.20. The third-order valence-electron chi connectivity index (χ3n) is 3.08. The van der Waals surface area contributed by atoms with E-state index in [0.717, 1.165) is 31.0 Å². The van der Waals surface area contributed by atoms with Crippen molar-refractivity contribution in [2.75, 3.05) is 13.1 Å². The molecule has 0 spiro atoms. The van der Waals surface area contributed by atoms with Gasteiger partial charge in [-0.25, -0.2) is 0 Å². The van der Waals surface area contributed by atoms with Gasteiger partial charge in [0.1, 0.15) is 5.82 Å². The van der Waals surface area contributed by atoms with E-state index in [4.69, 9.17) is 11.6 Å². The largest absolute Gasteiger partial charge is 0.316 e. The van der Waals surface area contributed by atoms with E-state index < -0.39 is 0 Å². The fourth-order valence-corrected chi connectivity index (χ4v) is 2.36. The van der Waals surface area contributed by atoms with Crippen molar-refractivity contribution >= 4 is 17.2 Å². The quantitative estimate of drug-likeness (QED) is 0.860. The van der Waals surface area contributed by atoms with Crippen molar-refractivity contribution in [1.29, 1.82) is 0 Å². The van der Waals surface area contributed by atoms with Crippen LogP contribution in [0.2, 0.25) is 5.02 Å². The molecule has 16 heavy (non-hydrogen) atoms. The van der Waals surface area contributed by atoms with Gasteiger partial charge in [-0.15, -0.1) is 10.2 Å². The molecule has 1 fully saturated rings. The zero-order chi connectivity index (χ0) is 11.0. The van der Waals surface area contributed by atoms with Gasteiger partial charge in [0.05, 0.1) is 0 Å². The number of hydrogen-bond acceptors (Lipinski definition) is 3. The van der Waals surface area contributed by atoms with Gasteiger partial charge in [-0.2, -0.15) is 0 Å². The third-order valence-corrected chi connectivity index (χ3v) is 3.31. The fraction of sp³-hybridized carbons (Fsp3) is 0.455. The molecule has 1 aliphatic heterocycles. The van der Waals surface area contributed by atoms with Gasteiger partial charge in [0.15, 0.2) is 5.65 Å². The van der Waals surface area contributed by atoms with Crippen LogP contribution in [-0.2, 0) is 6.42 Å². The van der Waals surface area contributed by atoms with Gasteiger partial charge in [-0.05, 0) is 31.5 Å². The fourth-order valence-electron chi connectivity index (χ4n) is 2.20. The molecular weight excluding hydrogens is 224 g/mol. The molecule has 2 aromatic rings. The average Bonchev–Trinajstić information content (AvgIpc) is 2.89. The lowest BCUT2D eigenvalue weighted by Gasteiger charge is -2.05. The highest BCUT2D eigenvalue weighted by atomic mass is 35.5. The molecule has 84 valence electrons. The van der Waals surface area contributed by atoms with Gasteiger partial charge in [0.2, 0.25) is 0 Å². The molecule has 3 heterocycles. The summed E-state index contributed by atoms with van der Waals surface area (Å²) in [5.41, 5.74) is 0.827. The Balaban J connectivity index is 1.91. The van der Waals surface area contributed by atoms with Crippen molar-refractivity contribution < 1.29 is 0 Å². The number of halogens is 1. The molecule has 3 rings (SSSR count). The Morgan fingerprint density at radius 2 is 2.44 bits per heavy atom. The average molecular weight is 237 g/mol. The molecule has 1 saturated heterocycles. The molecular formula is C11H13ClN4. The van der Waals surface area contributed by atoms with Gasteiger partial charge >= 0.3 is 0 Å². The highest BCUT2D eigenvalue weighted by molar-refractivity contribution is 6.30. The van der Waals surface area contributed by atoms with Crippen LogP contribution in [-0.4, -0.2) is 27.7 Å². The van der Waals surface area contributed by atoms with E-state index in [1.807, 2.05) is 22.7 Å². The monoisotopic (exact) mass is 236 g/mol. The van der Waals surface area contributed by atoms with Crippen molar-refractivity contribution in [3.63, 3.8) is 0 Å². The number of hydrogen-bond donors (Lipinski definition) is 1. The number of aromatic nitrogens is 3. The third kappa shape index (κ3) is 1.79. The van der Waals surface area contributed by atoms with Crippen molar-refractivity contribution in [1.82, 2.24) is 19.9 Å². The molecule has 0 aromatic carbocycles. The van der Waals surface area contributed by atoms with Gasteiger partial charge in [-0.1, -0.05) is 11.6 Å². The Labute approximate surface area is 98.6 Å². The maximum Gasteiger partial charge on any atom is 0.162 e. The number of pyridine rings is 1. The minimum absolute atomic E-state index is 0.683. The van der Waals surface area contributed by atoms with Crippen LogP contribution in [0.25, 0.3) is 5.65 Å². The van der Waals surface area contributed by atoms with Crippen LogP contribution in [0.15, 0.2) is 18.3 Å². The molecule has 2 aromatic heterocycles. The van der Waals surface area contributed by atoms with Gasteiger partial charge in [-0.3, -0.25) is 4.40 Å². The lowest BCUT2D eigenvalue weighted by molar-refractivity contribution is 0.558. The number of nitrogens with one attached hydrogen (secondary N) is 1. The Morgan fingerprint density at radius 3 is 3.25 bits per heavy atom. The Kier molecular flexibility index (Phi) is 2.53. The van der Waals surface area contributed by atoms with E-state index >= 15 is 0 Å².